The number of aryl methyl sites for hydroxylation is 1. The van der Waals surface area contributed by atoms with Gasteiger partial charge in [-0.2, -0.15) is 4.98 Å². The molecule has 0 unspecified atom stereocenters. The zero-order valence-electron chi connectivity index (χ0n) is 19.2. The topological polar surface area (TPSA) is 108 Å². The molecule has 10 heteroatoms. The minimum absolute atomic E-state index is 0.0722. The summed E-state index contributed by atoms with van der Waals surface area (Å²) in [5.41, 5.74) is 2.46. The monoisotopic (exact) mass is 472 g/mol. The third-order valence-corrected chi connectivity index (χ3v) is 7.53. The Morgan fingerprint density at radius 2 is 1.61 bits per heavy atom. The molecule has 0 atom stereocenters. The highest BCUT2D eigenvalue weighted by atomic mass is 32.2. The molecule has 178 valence electrons. The second-order valence-electron chi connectivity index (χ2n) is 8.87. The first-order valence-electron chi connectivity index (χ1n) is 11.5. The zero-order chi connectivity index (χ0) is 23.4. The number of rotatable bonds is 6. The van der Waals surface area contributed by atoms with Gasteiger partial charge in [0.15, 0.2) is 0 Å². The van der Waals surface area contributed by atoms with Crippen molar-refractivity contribution in [3.8, 4) is 0 Å². The van der Waals surface area contributed by atoms with Gasteiger partial charge in [0.05, 0.1) is 6.26 Å². The van der Waals surface area contributed by atoms with Gasteiger partial charge in [0.2, 0.25) is 21.9 Å². The van der Waals surface area contributed by atoms with Crippen LogP contribution in [0.4, 0.5) is 23.1 Å². The lowest BCUT2D eigenvalue weighted by atomic mass is 9.97. The van der Waals surface area contributed by atoms with Crippen molar-refractivity contribution >= 4 is 39.1 Å². The van der Waals surface area contributed by atoms with Crippen molar-refractivity contribution in [1.82, 2.24) is 14.3 Å². The van der Waals surface area contributed by atoms with Gasteiger partial charge in [0.25, 0.3) is 0 Å². The Bertz CT molecular complexity index is 1080. The average Bonchev–Trinajstić information content (AvgIpc) is 2.80. The van der Waals surface area contributed by atoms with Crippen LogP contribution >= 0.6 is 0 Å². The molecule has 4 rings (SSSR count). The van der Waals surface area contributed by atoms with E-state index in [-0.39, 0.29) is 11.8 Å². The minimum atomic E-state index is -3.19. The number of nitrogens with one attached hydrogen (secondary N) is 2. The Morgan fingerprint density at radius 1 is 0.970 bits per heavy atom. The van der Waals surface area contributed by atoms with E-state index in [1.165, 1.54) is 29.8 Å². The van der Waals surface area contributed by atoms with Gasteiger partial charge in [0, 0.05) is 55.2 Å². The van der Waals surface area contributed by atoms with Gasteiger partial charge in [0.1, 0.15) is 5.82 Å². The summed E-state index contributed by atoms with van der Waals surface area (Å²) >= 11 is 0. The molecule has 2 fully saturated rings. The summed E-state index contributed by atoms with van der Waals surface area (Å²) in [5, 5.41) is 6.21. The van der Waals surface area contributed by atoms with Gasteiger partial charge in [-0.25, -0.2) is 17.7 Å². The maximum atomic E-state index is 12.6. The molecule has 2 N–H and O–H groups in total. The van der Waals surface area contributed by atoms with E-state index in [0.717, 1.165) is 30.3 Å². The summed E-state index contributed by atoms with van der Waals surface area (Å²) in [6.07, 6.45) is 5.92. The van der Waals surface area contributed by atoms with Crippen LogP contribution in [0.1, 0.15) is 37.8 Å². The molecule has 0 spiro atoms. The number of hydrogen-bond donors (Lipinski definition) is 2. The first-order chi connectivity index (χ1) is 15.8. The predicted molar refractivity (Wildman–Crippen MR) is 130 cm³/mol. The van der Waals surface area contributed by atoms with E-state index >= 15 is 0 Å². The van der Waals surface area contributed by atoms with E-state index in [4.69, 9.17) is 4.98 Å². The molecule has 2 saturated heterocycles. The van der Waals surface area contributed by atoms with Crippen LogP contribution < -0.4 is 15.5 Å². The van der Waals surface area contributed by atoms with Crippen LogP contribution in [-0.2, 0) is 14.8 Å². The zero-order valence-corrected chi connectivity index (χ0v) is 20.1. The normalized spacial score (nSPS) is 18.2. The van der Waals surface area contributed by atoms with Crippen molar-refractivity contribution in [2.45, 2.75) is 39.0 Å². The van der Waals surface area contributed by atoms with E-state index in [1.54, 1.807) is 0 Å². The van der Waals surface area contributed by atoms with Crippen LogP contribution in [-0.4, -0.2) is 61.0 Å². The van der Waals surface area contributed by atoms with Crippen LogP contribution in [0.5, 0.6) is 0 Å². The SMILES string of the molecule is Cc1cc(N2CCCCC2)nc(Nc2ccc(NC(=O)C3CCN(S(C)(=O)=O)CC3)cc2)n1. The third-order valence-electron chi connectivity index (χ3n) is 6.22. The highest BCUT2D eigenvalue weighted by Gasteiger charge is 2.28. The summed E-state index contributed by atoms with van der Waals surface area (Å²) in [6, 6.07) is 9.47. The second-order valence-corrected chi connectivity index (χ2v) is 10.8. The number of nitrogens with zero attached hydrogens (tertiary/aromatic N) is 4. The summed E-state index contributed by atoms with van der Waals surface area (Å²) in [6.45, 7) is 4.79. The van der Waals surface area contributed by atoms with E-state index in [9.17, 15) is 13.2 Å². The Balaban J connectivity index is 1.34. The summed E-state index contributed by atoms with van der Waals surface area (Å²) in [4.78, 5) is 24.1. The lowest BCUT2D eigenvalue weighted by Crippen LogP contribution is -2.40. The number of amides is 1. The fourth-order valence-electron chi connectivity index (χ4n) is 4.35. The molecular formula is C23H32N6O3S. The largest absolute Gasteiger partial charge is 0.356 e. The Morgan fingerprint density at radius 3 is 2.24 bits per heavy atom. The molecule has 9 nitrogen and oxygen atoms in total. The molecule has 0 saturated carbocycles. The average molecular weight is 473 g/mol. The second kappa shape index (κ2) is 10.0. The van der Waals surface area contributed by atoms with E-state index in [0.29, 0.717) is 37.6 Å². The number of carbonyl (C=O) groups is 1. The Labute approximate surface area is 195 Å². The fourth-order valence-corrected chi connectivity index (χ4v) is 5.23. The molecular weight excluding hydrogens is 440 g/mol. The summed E-state index contributed by atoms with van der Waals surface area (Å²) in [7, 11) is -3.19. The Kier molecular flexibility index (Phi) is 7.14. The number of hydrogen-bond acceptors (Lipinski definition) is 7. The van der Waals surface area contributed by atoms with E-state index in [1.807, 2.05) is 37.3 Å². The van der Waals surface area contributed by atoms with Crippen LogP contribution in [0, 0.1) is 12.8 Å². The molecule has 2 aromatic rings. The highest BCUT2D eigenvalue weighted by Crippen LogP contribution is 2.24. The molecule has 0 bridgehead atoms. The molecule has 2 aliphatic heterocycles. The van der Waals surface area contributed by atoms with Crippen molar-refractivity contribution in [1.29, 1.82) is 0 Å². The maximum absolute atomic E-state index is 12.6. The summed E-state index contributed by atoms with van der Waals surface area (Å²) < 4.78 is 24.7. The molecule has 0 aliphatic carbocycles. The summed E-state index contributed by atoms with van der Waals surface area (Å²) in [5.74, 6) is 1.26. The van der Waals surface area contributed by atoms with Gasteiger partial charge in [-0.05, 0) is 63.3 Å². The first kappa shape index (κ1) is 23.4. The van der Waals surface area contributed by atoms with Crippen molar-refractivity contribution in [2.24, 2.45) is 5.92 Å². The molecule has 3 heterocycles. The number of benzene rings is 1. The van der Waals surface area contributed by atoms with Crippen LogP contribution in [0.2, 0.25) is 0 Å². The van der Waals surface area contributed by atoms with E-state index < -0.39 is 10.0 Å². The first-order valence-corrected chi connectivity index (χ1v) is 13.4. The standard InChI is InChI=1S/C23H32N6O3S/c1-17-16-21(28-12-4-3-5-13-28)27-23(24-17)26-20-8-6-19(7-9-20)25-22(30)18-10-14-29(15-11-18)33(2,31)32/h6-9,16,18H,3-5,10-15H2,1-2H3,(H,25,30)(H,24,26,27). The third kappa shape index (κ3) is 6.20. The molecule has 1 amide bonds. The van der Waals surface area contributed by atoms with Gasteiger partial charge >= 0.3 is 0 Å². The van der Waals surface area contributed by atoms with Crippen molar-refractivity contribution in [3.05, 3.63) is 36.0 Å². The van der Waals surface area contributed by atoms with Crippen LogP contribution in [0.25, 0.3) is 0 Å². The van der Waals surface area contributed by atoms with Crippen molar-refractivity contribution in [3.63, 3.8) is 0 Å². The molecule has 1 aromatic heterocycles. The van der Waals surface area contributed by atoms with Gasteiger partial charge in [-0.1, -0.05) is 0 Å². The maximum Gasteiger partial charge on any atom is 0.229 e. The lowest BCUT2D eigenvalue weighted by Gasteiger charge is -2.29. The molecule has 0 radical (unpaired) electrons. The quantitative estimate of drug-likeness (QED) is 0.665. The fraction of sp³-hybridized carbons (Fsp3) is 0.522. The van der Waals surface area contributed by atoms with Gasteiger partial charge < -0.3 is 15.5 Å². The highest BCUT2D eigenvalue weighted by molar-refractivity contribution is 7.88. The molecule has 2 aliphatic rings. The number of sulfonamides is 1. The minimum Gasteiger partial charge on any atom is -0.356 e. The van der Waals surface area contributed by atoms with Gasteiger partial charge in [-0.15, -0.1) is 0 Å². The predicted octanol–water partition coefficient (Wildman–Crippen LogP) is 3.13. The number of carbonyl (C=O) groups excluding carboxylic acids is 1. The molecule has 33 heavy (non-hydrogen) atoms. The van der Waals surface area contributed by atoms with Gasteiger partial charge in [-0.3, -0.25) is 4.79 Å². The Hall–Kier alpha value is -2.72. The lowest BCUT2D eigenvalue weighted by molar-refractivity contribution is -0.120. The van der Waals surface area contributed by atoms with Crippen molar-refractivity contribution < 1.29 is 13.2 Å². The van der Waals surface area contributed by atoms with Crippen LogP contribution in [0.3, 0.4) is 0 Å². The van der Waals surface area contributed by atoms with E-state index in [2.05, 4.69) is 20.5 Å². The number of anilines is 4. The van der Waals surface area contributed by atoms with Crippen LogP contribution in [0.15, 0.2) is 30.3 Å². The number of aromatic nitrogens is 2. The number of piperidine rings is 2. The molecule has 1 aromatic carbocycles. The van der Waals surface area contributed by atoms with Crippen molar-refractivity contribution in [2.75, 3.05) is 48.0 Å². The smallest absolute Gasteiger partial charge is 0.229 e.